The van der Waals surface area contributed by atoms with Crippen LogP contribution >= 0.6 is 0 Å². The standard InChI is InChI=1S/C18H22N4O2/c1-12(2)18(13-4-6-15(24-3)7-5-13)19-11-14-10-17(23)22-16(21-14)8-9-20-22/h4-10,12,18-20H,11H2,1-3H3. The number of rotatable bonds is 6. The molecule has 1 aromatic carbocycles. The maximum atomic E-state index is 12.0. The highest BCUT2D eigenvalue weighted by molar-refractivity contribution is 5.36. The van der Waals surface area contributed by atoms with E-state index in [-0.39, 0.29) is 11.6 Å². The van der Waals surface area contributed by atoms with Gasteiger partial charge in [0.1, 0.15) is 5.75 Å². The number of H-pyrrole nitrogens is 1. The van der Waals surface area contributed by atoms with E-state index in [0.29, 0.717) is 18.1 Å². The second-order valence-corrected chi connectivity index (χ2v) is 6.12. The number of aromatic nitrogens is 3. The number of nitrogens with one attached hydrogen (secondary N) is 2. The van der Waals surface area contributed by atoms with E-state index in [0.717, 1.165) is 11.4 Å². The Morgan fingerprint density at radius 3 is 2.67 bits per heavy atom. The molecular formula is C18H22N4O2. The fourth-order valence-electron chi connectivity index (χ4n) is 2.83. The molecule has 0 saturated carbocycles. The first-order valence-electron chi connectivity index (χ1n) is 8.02. The molecule has 0 spiro atoms. The second kappa shape index (κ2) is 6.88. The van der Waals surface area contributed by atoms with Gasteiger partial charge in [-0.05, 0) is 23.6 Å². The molecule has 3 aromatic rings. The zero-order valence-corrected chi connectivity index (χ0v) is 14.1. The van der Waals surface area contributed by atoms with Gasteiger partial charge in [-0.25, -0.2) is 9.50 Å². The Balaban J connectivity index is 1.78. The Labute approximate surface area is 140 Å². The fourth-order valence-corrected chi connectivity index (χ4v) is 2.83. The predicted octanol–water partition coefficient (Wildman–Crippen LogP) is 2.52. The van der Waals surface area contributed by atoms with Crippen LogP contribution in [-0.4, -0.2) is 21.7 Å². The minimum absolute atomic E-state index is 0.104. The number of hydrogen-bond donors (Lipinski definition) is 2. The third-order valence-electron chi connectivity index (χ3n) is 4.08. The van der Waals surface area contributed by atoms with Crippen LogP contribution in [0.3, 0.4) is 0 Å². The van der Waals surface area contributed by atoms with E-state index in [4.69, 9.17) is 4.74 Å². The Morgan fingerprint density at radius 2 is 2.00 bits per heavy atom. The first-order chi connectivity index (χ1) is 11.6. The van der Waals surface area contributed by atoms with Crippen molar-refractivity contribution >= 4 is 5.65 Å². The molecule has 1 unspecified atom stereocenters. The SMILES string of the molecule is COc1ccc(C(NCc2cc(=O)n3[nH]ccc3n2)C(C)C)cc1. The van der Waals surface area contributed by atoms with Crippen molar-refractivity contribution in [3.63, 3.8) is 0 Å². The molecule has 0 saturated heterocycles. The predicted molar refractivity (Wildman–Crippen MR) is 93.2 cm³/mol. The summed E-state index contributed by atoms with van der Waals surface area (Å²) in [4.78, 5) is 16.5. The highest BCUT2D eigenvalue weighted by Gasteiger charge is 2.16. The molecule has 6 nitrogen and oxygen atoms in total. The van der Waals surface area contributed by atoms with Gasteiger partial charge in [0.2, 0.25) is 0 Å². The third kappa shape index (κ3) is 3.33. The van der Waals surface area contributed by atoms with E-state index in [2.05, 4.69) is 41.4 Å². The molecule has 1 atom stereocenters. The summed E-state index contributed by atoms with van der Waals surface area (Å²) < 4.78 is 6.64. The summed E-state index contributed by atoms with van der Waals surface area (Å²) in [7, 11) is 1.66. The van der Waals surface area contributed by atoms with E-state index < -0.39 is 0 Å². The Morgan fingerprint density at radius 1 is 1.25 bits per heavy atom. The van der Waals surface area contributed by atoms with Crippen molar-refractivity contribution < 1.29 is 4.74 Å². The number of methoxy groups -OCH3 is 1. The van der Waals surface area contributed by atoms with Gasteiger partial charge in [-0.15, -0.1) is 0 Å². The van der Waals surface area contributed by atoms with E-state index in [9.17, 15) is 4.79 Å². The Bertz CT molecular complexity index is 865. The molecule has 0 fully saturated rings. The summed E-state index contributed by atoms with van der Waals surface area (Å²) >= 11 is 0. The van der Waals surface area contributed by atoms with Gasteiger partial charge in [-0.1, -0.05) is 26.0 Å². The van der Waals surface area contributed by atoms with Gasteiger partial charge in [-0.2, -0.15) is 0 Å². The molecule has 0 amide bonds. The van der Waals surface area contributed by atoms with Gasteiger partial charge in [0.15, 0.2) is 5.65 Å². The third-order valence-corrected chi connectivity index (χ3v) is 4.08. The van der Waals surface area contributed by atoms with Crippen LogP contribution < -0.4 is 15.6 Å². The molecule has 6 heteroatoms. The highest BCUT2D eigenvalue weighted by atomic mass is 16.5. The number of nitrogens with zero attached hydrogens (tertiary/aromatic N) is 2. The summed E-state index contributed by atoms with van der Waals surface area (Å²) in [5, 5.41) is 6.36. The number of ether oxygens (including phenoxy) is 1. The molecule has 24 heavy (non-hydrogen) atoms. The first-order valence-corrected chi connectivity index (χ1v) is 8.02. The normalized spacial score (nSPS) is 12.7. The molecule has 126 valence electrons. The Hall–Kier alpha value is -2.60. The van der Waals surface area contributed by atoms with Crippen molar-refractivity contribution in [2.24, 2.45) is 5.92 Å². The smallest absolute Gasteiger partial charge is 0.272 e. The number of fused-ring (bicyclic) bond motifs is 1. The van der Waals surface area contributed by atoms with Crippen LogP contribution in [0.25, 0.3) is 5.65 Å². The first kappa shape index (κ1) is 16.3. The summed E-state index contributed by atoms with van der Waals surface area (Å²) in [6, 6.07) is 11.6. The van der Waals surface area contributed by atoms with Crippen molar-refractivity contribution in [3.8, 4) is 5.75 Å². The molecular weight excluding hydrogens is 304 g/mol. The number of hydrogen-bond acceptors (Lipinski definition) is 4. The van der Waals surface area contributed by atoms with E-state index in [1.165, 1.54) is 10.1 Å². The Kier molecular flexibility index (Phi) is 4.66. The topological polar surface area (TPSA) is 71.4 Å². The molecule has 3 rings (SSSR count). The monoisotopic (exact) mass is 326 g/mol. The lowest BCUT2D eigenvalue weighted by Crippen LogP contribution is -2.27. The fraction of sp³-hybridized carbons (Fsp3) is 0.333. The lowest BCUT2D eigenvalue weighted by atomic mass is 9.96. The number of benzene rings is 1. The molecule has 2 aromatic heterocycles. The summed E-state index contributed by atoms with van der Waals surface area (Å²) in [5.41, 5.74) is 2.45. The summed E-state index contributed by atoms with van der Waals surface area (Å²) in [6.45, 7) is 4.87. The van der Waals surface area contributed by atoms with Gasteiger partial charge < -0.3 is 10.1 Å². The van der Waals surface area contributed by atoms with E-state index in [1.54, 1.807) is 25.4 Å². The van der Waals surface area contributed by atoms with Gasteiger partial charge in [-0.3, -0.25) is 9.89 Å². The maximum Gasteiger partial charge on any atom is 0.272 e. The zero-order valence-electron chi connectivity index (χ0n) is 14.1. The van der Waals surface area contributed by atoms with Gasteiger partial charge >= 0.3 is 0 Å². The highest BCUT2D eigenvalue weighted by Crippen LogP contribution is 2.24. The van der Waals surface area contributed by atoms with Gasteiger partial charge in [0.05, 0.1) is 12.8 Å². The van der Waals surface area contributed by atoms with Crippen LogP contribution in [0.4, 0.5) is 0 Å². The number of aromatic amines is 1. The van der Waals surface area contributed by atoms with Gasteiger partial charge in [0.25, 0.3) is 5.56 Å². The van der Waals surface area contributed by atoms with Crippen LogP contribution in [0.1, 0.15) is 31.1 Å². The largest absolute Gasteiger partial charge is 0.497 e. The van der Waals surface area contributed by atoms with Crippen molar-refractivity contribution in [1.29, 1.82) is 0 Å². The van der Waals surface area contributed by atoms with Crippen LogP contribution in [0.2, 0.25) is 0 Å². The molecule has 0 aliphatic rings. The van der Waals surface area contributed by atoms with Crippen molar-refractivity contribution in [2.45, 2.75) is 26.4 Å². The lowest BCUT2D eigenvalue weighted by molar-refractivity contribution is 0.403. The minimum atomic E-state index is -0.104. The quantitative estimate of drug-likeness (QED) is 0.730. The molecule has 0 radical (unpaired) electrons. The van der Waals surface area contributed by atoms with E-state index in [1.807, 2.05) is 12.1 Å². The average Bonchev–Trinajstić information content (AvgIpc) is 3.04. The minimum Gasteiger partial charge on any atom is -0.497 e. The zero-order chi connectivity index (χ0) is 17.1. The average molecular weight is 326 g/mol. The molecule has 0 bridgehead atoms. The van der Waals surface area contributed by atoms with E-state index >= 15 is 0 Å². The van der Waals surface area contributed by atoms with Crippen LogP contribution in [0.15, 0.2) is 47.4 Å². The molecule has 2 heterocycles. The van der Waals surface area contributed by atoms with Crippen molar-refractivity contribution in [3.05, 3.63) is 64.2 Å². The second-order valence-electron chi connectivity index (χ2n) is 6.12. The lowest BCUT2D eigenvalue weighted by Gasteiger charge is -2.23. The maximum absolute atomic E-state index is 12.0. The van der Waals surface area contributed by atoms with Crippen molar-refractivity contribution in [1.82, 2.24) is 19.9 Å². The summed E-state index contributed by atoms with van der Waals surface area (Å²) in [5.74, 6) is 1.24. The molecule has 0 aliphatic heterocycles. The molecule has 0 aliphatic carbocycles. The molecule has 2 N–H and O–H groups in total. The van der Waals surface area contributed by atoms with Gasteiger partial charge in [0, 0.05) is 30.9 Å². The van der Waals surface area contributed by atoms with Crippen LogP contribution in [-0.2, 0) is 6.54 Å². The summed E-state index contributed by atoms with van der Waals surface area (Å²) in [6.07, 6.45) is 1.70. The van der Waals surface area contributed by atoms with Crippen LogP contribution in [0.5, 0.6) is 5.75 Å². The van der Waals surface area contributed by atoms with Crippen molar-refractivity contribution in [2.75, 3.05) is 7.11 Å². The van der Waals surface area contributed by atoms with Crippen LogP contribution in [0, 0.1) is 5.92 Å².